The molecule has 1 atom stereocenters. The molecular weight excluding hydrogens is 536 g/mol. The van der Waals surface area contributed by atoms with Gasteiger partial charge in [0.15, 0.2) is 0 Å². The van der Waals surface area contributed by atoms with Crippen LogP contribution in [0.5, 0.6) is 5.75 Å². The number of esters is 1. The van der Waals surface area contributed by atoms with Crippen molar-refractivity contribution in [2.24, 2.45) is 0 Å². The smallest absolute Gasteiger partial charge is 0.337 e. The molecule has 7 heteroatoms. The van der Waals surface area contributed by atoms with E-state index in [0.29, 0.717) is 22.0 Å². The van der Waals surface area contributed by atoms with Crippen LogP contribution in [-0.2, 0) is 11.2 Å². The molecule has 204 valence electrons. The second-order valence-electron chi connectivity index (χ2n) is 10.1. The minimum absolute atomic E-state index is 0.0723. The van der Waals surface area contributed by atoms with Crippen molar-refractivity contribution < 1.29 is 18.7 Å². The Labute approximate surface area is 239 Å². The van der Waals surface area contributed by atoms with Crippen LogP contribution >= 0.6 is 23.2 Å². The highest BCUT2D eigenvalue weighted by molar-refractivity contribution is 6.36. The molecule has 0 saturated carbocycles. The van der Waals surface area contributed by atoms with Crippen LogP contribution < -0.4 is 4.74 Å². The molecule has 0 spiro atoms. The average Bonchev–Trinajstić information content (AvgIpc) is 3.29. The van der Waals surface area contributed by atoms with Gasteiger partial charge in [0.25, 0.3) is 0 Å². The van der Waals surface area contributed by atoms with Gasteiger partial charge in [-0.3, -0.25) is 9.29 Å². The highest BCUT2D eigenvalue weighted by atomic mass is 35.5. The Morgan fingerprint density at radius 3 is 2.69 bits per heavy atom. The van der Waals surface area contributed by atoms with E-state index >= 15 is 0 Å². The van der Waals surface area contributed by atoms with Crippen molar-refractivity contribution in [2.75, 3.05) is 33.4 Å². The van der Waals surface area contributed by atoms with Gasteiger partial charge in [0.05, 0.1) is 19.3 Å². The number of alkyl halides is 1. The van der Waals surface area contributed by atoms with Gasteiger partial charge in [-0.25, -0.2) is 4.79 Å². The van der Waals surface area contributed by atoms with E-state index in [4.69, 9.17) is 32.7 Å². The van der Waals surface area contributed by atoms with Crippen LogP contribution in [0.25, 0.3) is 11.1 Å². The number of carbonyl (C=O) groups is 1. The SMILES string of the molecule is COC(=O)c1ccc2c(c1)CCCC(c1ccc(Cl)cc1Cl)=C2c1cccc(O[C@@H]2CCN(CCCF)C2)c1. The first-order valence-electron chi connectivity index (χ1n) is 13.4. The summed E-state index contributed by atoms with van der Waals surface area (Å²) in [5, 5.41) is 1.20. The number of hydrogen-bond donors (Lipinski definition) is 0. The van der Waals surface area contributed by atoms with Crippen molar-refractivity contribution in [3.8, 4) is 5.75 Å². The normalized spacial score (nSPS) is 17.6. The zero-order valence-corrected chi connectivity index (χ0v) is 23.5. The summed E-state index contributed by atoms with van der Waals surface area (Å²) in [5.74, 6) is 0.455. The van der Waals surface area contributed by atoms with E-state index in [-0.39, 0.29) is 18.7 Å². The van der Waals surface area contributed by atoms with Crippen LogP contribution in [0, 0.1) is 0 Å². The molecule has 3 aromatic carbocycles. The highest BCUT2D eigenvalue weighted by Crippen LogP contribution is 2.43. The molecular formula is C32H32Cl2FNO3. The van der Waals surface area contributed by atoms with Gasteiger partial charge in [-0.1, -0.05) is 47.5 Å². The fourth-order valence-corrected chi connectivity index (χ4v) is 6.19. The summed E-state index contributed by atoms with van der Waals surface area (Å²) in [5.41, 5.74) is 6.89. The number of halogens is 3. The molecule has 1 aliphatic carbocycles. The summed E-state index contributed by atoms with van der Waals surface area (Å²) in [6.07, 6.45) is 4.10. The molecule has 0 unspecified atom stereocenters. The standard InChI is InChI=1S/C32H32Cl2FNO3/c1-38-32(37)23-9-11-27-21(17-23)5-3-8-29(28-12-10-24(33)19-30(28)34)31(27)22-6-2-7-25(18-22)39-26-13-16-36(20-26)15-4-14-35/h2,6-7,9-12,17-19,26H,3-5,8,13-16,20H2,1H3/t26-/m1/s1. The lowest BCUT2D eigenvalue weighted by atomic mass is 9.87. The molecule has 5 rings (SSSR count). The van der Waals surface area contributed by atoms with Crippen molar-refractivity contribution in [3.05, 3.63) is 98.5 Å². The average molecular weight is 569 g/mol. The first-order valence-corrected chi connectivity index (χ1v) is 14.2. The molecule has 0 bridgehead atoms. The van der Waals surface area contributed by atoms with Crippen molar-refractivity contribution in [1.82, 2.24) is 4.90 Å². The van der Waals surface area contributed by atoms with Crippen LogP contribution in [0.2, 0.25) is 10.0 Å². The molecule has 0 amide bonds. The minimum atomic E-state index is -0.346. The molecule has 1 fully saturated rings. The van der Waals surface area contributed by atoms with Gasteiger partial charge in [0.2, 0.25) is 0 Å². The number of carbonyl (C=O) groups excluding carboxylic acids is 1. The second-order valence-corrected chi connectivity index (χ2v) is 10.9. The molecule has 0 N–H and O–H groups in total. The number of nitrogens with zero attached hydrogens (tertiary/aromatic N) is 1. The maximum Gasteiger partial charge on any atom is 0.337 e. The van der Waals surface area contributed by atoms with E-state index in [1.54, 1.807) is 6.07 Å². The number of fused-ring (bicyclic) bond motifs is 1. The van der Waals surface area contributed by atoms with Gasteiger partial charge < -0.3 is 9.47 Å². The van der Waals surface area contributed by atoms with Gasteiger partial charge >= 0.3 is 5.97 Å². The number of aryl methyl sites for hydroxylation is 1. The summed E-state index contributed by atoms with van der Waals surface area (Å²) in [6, 6.07) is 19.6. The van der Waals surface area contributed by atoms with E-state index in [1.165, 1.54) is 7.11 Å². The molecule has 1 aliphatic heterocycles. The number of benzene rings is 3. The van der Waals surface area contributed by atoms with Crippen molar-refractivity contribution in [2.45, 2.75) is 38.2 Å². The minimum Gasteiger partial charge on any atom is -0.489 e. The van der Waals surface area contributed by atoms with Crippen molar-refractivity contribution in [1.29, 1.82) is 0 Å². The fourth-order valence-electron chi connectivity index (χ4n) is 5.66. The Morgan fingerprint density at radius 2 is 1.90 bits per heavy atom. The first-order chi connectivity index (χ1) is 19.0. The topological polar surface area (TPSA) is 38.8 Å². The van der Waals surface area contributed by atoms with Gasteiger partial charge in [0.1, 0.15) is 11.9 Å². The first kappa shape index (κ1) is 27.7. The molecule has 1 heterocycles. The fraction of sp³-hybridized carbons (Fsp3) is 0.344. The largest absolute Gasteiger partial charge is 0.489 e. The summed E-state index contributed by atoms with van der Waals surface area (Å²) in [4.78, 5) is 14.5. The van der Waals surface area contributed by atoms with Crippen LogP contribution in [0.15, 0.2) is 60.7 Å². The summed E-state index contributed by atoms with van der Waals surface area (Å²) in [6.45, 7) is 2.20. The molecule has 4 nitrogen and oxygen atoms in total. The Bertz CT molecular complexity index is 1390. The third-order valence-corrected chi connectivity index (χ3v) is 8.04. The molecule has 0 aromatic heterocycles. The quantitative estimate of drug-likeness (QED) is 0.259. The molecule has 39 heavy (non-hydrogen) atoms. The van der Waals surface area contributed by atoms with Gasteiger partial charge in [0, 0.05) is 29.7 Å². The summed E-state index contributed by atoms with van der Waals surface area (Å²) in [7, 11) is 1.40. The number of methoxy groups -OCH3 is 1. The van der Waals surface area contributed by atoms with Gasteiger partial charge in [-0.05, 0) is 102 Å². The number of rotatable bonds is 8. The van der Waals surface area contributed by atoms with Crippen LogP contribution in [0.3, 0.4) is 0 Å². The van der Waals surface area contributed by atoms with Crippen LogP contribution in [0.1, 0.15) is 58.3 Å². The van der Waals surface area contributed by atoms with E-state index in [1.807, 2.05) is 42.5 Å². The molecule has 2 aliphatic rings. The van der Waals surface area contributed by atoms with E-state index in [2.05, 4.69) is 17.0 Å². The van der Waals surface area contributed by atoms with E-state index in [0.717, 1.165) is 84.5 Å². The van der Waals surface area contributed by atoms with E-state index < -0.39 is 0 Å². The predicted octanol–water partition coefficient (Wildman–Crippen LogP) is 7.89. The third kappa shape index (κ3) is 6.32. The van der Waals surface area contributed by atoms with Crippen molar-refractivity contribution in [3.63, 3.8) is 0 Å². The van der Waals surface area contributed by atoms with Crippen molar-refractivity contribution >= 4 is 40.3 Å². The van der Waals surface area contributed by atoms with Gasteiger partial charge in [-0.2, -0.15) is 0 Å². The zero-order valence-electron chi connectivity index (χ0n) is 22.0. The third-order valence-electron chi connectivity index (χ3n) is 7.49. The Morgan fingerprint density at radius 1 is 1.05 bits per heavy atom. The Balaban J connectivity index is 1.57. The lowest BCUT2D eigenvalue weighted by molar-refractivity contribution is 0.0600. The number of hydrogen-bond acceptors (Lipinski definition) is 4. The van der Waals surface area contributed by atoms with Crippen LogP contribution in [-0.4, -0.2) is 50.4 Å². The summed E-state index contributed by atoms with van der Waals surface area (Å²) >= 11 is 13.0. The second kappa shape index (κ2) is 12.5. The number of ether oxygens (including phenoxy) is 2. The Kier molecular flexibility index (Phi) is 8.91. The number of likely N-dealkylation sites (tertiary alicyclic amines) is 1. The zero-order chi connectivity index (χ0) is 27.4. The lowest BCUT2D eigenvalue weighted by Gasteiger charge is -2.20. The molecule has 3 aromatic rings. The maximum atomic E-state index is 12.6. The summed E-state index contributed by atoms with van der Waals surface area (Å²) < 4.78 is 24.0. The monoisotopic (exact) mass is 567 g/mol. The number of allylic oxidation sites excluding steroid dienone is 1. The predicted molar refractivity (Wildman–Crippen MR) is 156 cm³/mol. The van der Waals surface area contributed by atoms with E-state index in [9.17, 15) is 9.18 Å². The van der Waals surface area contributed by atoms with Gasteiger partial charge in [-0.15, -0.1) is 0 Å². The lowest BCUT2D eigenvalue weighted by Crippen LogP contribution is -2.26. The molecule has 1 saturated heterocycles. The molecule has 0 radical (unpaired) electrons. The highest BCUT2D eigenvalue weighted by Gasteiger charge is 2.25. The van der Waals surface area contributed by atoms with Crippen LogP contribution in [0.4, 0.5) is 4.39 Å². The maximum absolute atomic E-state index is 12.6. The Hall–Kier alpha value is -2.86.